The predicted octanol–water partition coefficient (Wildman–Crippen LogP) is 10.2. The minimum absolute atomic E-state index is 0.492. The van der Waals surface area contributed by atoms with Crippen molar-refractivity contribution in [2.75, 3.05) is 4.90 Å². The highest BCUT2D eigenvalue weighted by Crippen LogP contribution is 2.43. The Hall–Kier alpha value is -5.61. The van der Waals surface area contributed by atoms with Gasteiger partial charge in [-0.1, -0.05) is 91.1 Å². The van der Waals surface area contributed by atoms with E-state index in [0.717, 1.165) is 47.0 Å². The summed E-state index contributed by atoms with van der Waals surface area (Å²) in [6.45, 7) is 5.84. The Morgan fingerprint density at radius 1 is 0.848 bits per heavy atom. The summed E-state index contributed by atoms with van der Waals surface area (Å²) in [5.74, 6) is 1.05. The number of nitrogens with zero attached hydrogens (tertiary/aromatic N) is 4. The van der Waals surface area contributed by atoms with Gasteiger partial charge in [-0.2, -0.15) is 0 Å². The zero-order valence-electron chi connectivity index (χ0n) is 26.0. The van der Waals surface area contributed by atoms with Gasteiger partial charge in [0.05, 0.1) is 28.5 Å². The van der Waals surface area contributed by atoms with E-state index in [9.17, 15) is 0 Å². The smallest absolute Gasteiger partial charge is 0.0915 e. The van der Waals surface area contributed by atoms with Crippen molar-refractivity contribution in [2.24, 2.45) is 10.9 Å². The van der Waals surface area contributed by atoms with E-state index in [4.69, 9.17) is 4.98 Å². The largest absolute Gasteiger partial charge is 0.310 e. The maximum atomic E-state index is 5.00. The minimum atomic E-state index is 0.492. The van der Waals surface area contributed by atoms with E-state index in [0.29, 0.717) is 17.5 Å². The lowest BCUT2D eigenvalue weighted by Crippen LogP contribution is -2.11. The molecule has 2 aliphatic carbocycles. The van der Waals surface area contributed by atoms with E-state index < -0.39 is 0 Å². The molecule has 2 aliphatic rings. The van der Waals surface area contributed by atoms with Gasteiger partial charge in [-0.25, -0.2) is 4.98 Å². The molecule has 0 spiro atoms. The summed E-state index contributed by atoms with van der Waals surface area (Å²) < 4.78 is 0. The fraction of sp³-hybridized carbons (Fsp3) is 0.119. The number of allylic oxidation sites excluding steroid dienone is 7. The van der Waals surface area contributed by atoms with Gasteiger partial charge in [-0.15, -0.1) is 0 Å². The fourth-order valence-electron chi connectivity index (χ4n) is 6.68. The monoisotopic (exact) mass is 596 g/mol. The van der Waals surface area contributed by atoms with E-state index >= 15 is 0 Å². The first kappa shape index (κ1) is 29.1. The van der Waals surface area contributed by atoms with Crippen LogP contribution in [0.15, 0.2) is 157 Å². The molecule has 0 saturated heterocycles. The van der Waals surface area contributed by atoms with Crippen LogP contribution in [0.5, 0.6) is 0 Å². The molecule has 4 nitrogen and oxygen atoms in total. The van der Waals surface area contributed by atoms with Crippen LogP contribution >= 0.6 is 0 Å². The third-order valence-corrected chi connectivity index (χ3v) is 8.81. The van der Waals surface area contributed by atoms with Gasteiger partial charge in [0.1, 0.15) is 0 Å². The summed E-state index contributed by atoms with van der Waals surface area (Å²) in [5, 5.41) is 0. The molecule has 7 rings (SSSR count). The Kier molecular flexibility index (Phi) is 8.34. The molecular formula is C42H36N4. The number of pyridine rings is 2. The standard InChI is InChI=1S/C42H36N4/c1-3-4-22-39(43-2)41-28-35(29-42(45-41)40-23-10-11-24-44-40)46(33-17-6-5-7-18-33)34-19-12-14-30(26-34)25-31-16-13-21-37-36-20-9-8-15-32(36)27-38(31)37/h3-24,26,28-29,32,36H,2,25,27H2,1H3/b4-3-,39-22-. The van der Waals surface area contributed by atoms with Crippen molar-refractivity contribution in [1.29, 1.82) is 0 Å². The second-order valence-corrected chi connectivity index (χ2v) is 11.7. The summed E-state index contributed by atoms with van der Waals surface area (Å²) in [6.07, 6.45) is 18.8. The van der Waals surface area contributed by atoms with E-state index in [2.05, 4.69) is 125 Å². The van der Waals surface area contributed by atoms with Crippen molar-refractivity contribution in [2.45, 2.75) is 25.7 Å². The van der Waals surface area contributed by atoms with Crippen molar-refractivity contribution in [1.82, 2.24) is 9.97 Å². The molecule has 0 fully saturated rings. The molecule has 2 aromatic heterocycles. The lowest BCUT2D eigenvalue weighted by Gasteiger charge is -2.27. The molecule has 0 radical (unpaired) electrons. The second kappa shape index (κ2) is 13.2. The molecule has 0 bridgehead atoms. The van der Waals surface area contributed by atoms with Crippen LogP contribution < -0.4 is 4.90 Å². The number of hydrogen-bond acceptors (Lipinski definition) is 4. The van der Waals surface area contributed by atoms with Crippen molar-refractivity contribution < 1.29 is 0 Å². The van der Waals surface area contributed by atoms with Gasteiger partial charge in [-0.05, 0) is 109 Å². The van der Waals surface area contributed by atoms with E-state index in [1.54, 1.807) is 6.20 Å². The van der Waals surface area contributed by atoms with Gasteiger partial charge in [0.15, 0.2) is 0 Å². The molecular weight excluding hydrogens is 560 g/mol. The summed E-state index contributed by atoms with van der Waals surface area (Å²) in [6, 6.07) is 36.3. The normalized spacial score (nSPS) is 16.8. The number of para-hydroxylation sites is 1. The summed E-state index contributed by atoms with van der Waals surface area (Å²) in [5.41, 5.74) is 11.8. The van der Waals surface area contributed by atoms with Crippen molar-refractivity contribution in [3.8, 4) is 11.4 Å². The Bertz CT molecular complexity index is 1990. The lowest BCUT2D eigenvalue weighted by atomic mass is 9.89. The zero-order valence-corrected chi connectivity index (χ0v) is 26.0. The number of benzene rings is 3. The molecule has 0 N–H and O–H groups in total. The van der Waals surface area contributed by atoms with Gasteiger partial charge in [0.25, 0.3) is 0 Å². The molecule has 2 atom stereocenters. The summed E-state index contributed by atoms with van der Waals surface area (Å²) in [7, 11) is 0. The zero-order chi connectivity index (χ0) is 31.3. The van der Waals surface area contributed by atoms with Crippen LogP contribution in [0, 0.1) is 5.92 Å². The first-order valence-corrected chi connectivity index (χ1v) is 15.8. The van der Waals surface area contributed by atoms with E-state index in [-0.39, 0.29) is 0 Å². The maximum absolute atomic E-state index is 5.00. The van der Waals surface area contributed by atoms with Gasteiger partial charge in [-0.3, -0.25) is 9.98 Å². The van der Waals surface area contributed by atoms with Crippen LogP contribution in [0.4, 0.5) is 17.1 Å². The van der Waals surface area contributed by atoms with Crippen LogP contribution in [-0.4, -0.2) is 16.7 Å². The number of rotatable bonds is 9. The number of anilines is 3. The Morgan fingerprint density at radius 2 is 1.67 bits per heavy atom. The maximum Gasteiger partial charge on any atom is 0.0915 e. The second-order valence-electron chi connectivity index (χ2n) is 11.7. The number of hydrogen-bond donors (Lipinski definition) is 0. The molecule has 2 unspecified atom stereocenters. The highest BCUT2D eigenvalue weighted by Gasteiger charge is 2.31. The molecule has 2 heterocycles. The molecule has 46 heavy (non-hydrogen) atoms. The van der Waals surface area contributed by atoms with E-state index in [1.807, 2.05) is 49.4 Å². The Morgan fingerprint density at radius 3 is 2.50 bits per heavy atom. The van der Waals surface area contributed by atoms with Crippen LogP contribution in [0.1, 0.15) is 40.8 Å². The molecule has 4 heteroatoms. The molecule has 0 aliphatic heterocycles. The third kappa shape index (κ3) is 5.90. The van der Waals surface area contributed by atoms with Crippen LogP contribution in [0.2, 0.25) is 0 Å². The highest BCUT2D eigenvalue weighted by molar-refractivity contribution is 5.81. The quantitative estimate of drug-likeness (QED) is 0.126. The van der Waals surface area contributed by atoms with Crippen LogP contribution in [-0.2, 0) is 12.8 Å². The van der Waals surface area contributed by atoms with Gasteiger partial charge < -0.3 is 4.90 Å². The first-order valence-electron chi connectivity index (χ1n) is 15.8. The molecule has 0 amide bonds. The average Bonchev–Trinajstić information content (AvgIpc) is 3.50. The van der Waals surface area contributed by atoms with Gasteiger partial charge in [0, 0.05) is 23.5 Å². The molecule has 3 aromatic carbocycles. The third-order valence-electron chi connectivity index (χ3n) is 8.81. The van der Waals surface area contributed by atoms with Crippen molar-refractivity contribution in [3.05, 3.63) is 180 Å². The number of aromatic nitrogens is 2. The lowest BCUT2D eigenvalue weighted by molar-refractivity contribution is 0.629. The number of fused-ring (bicyclic) bond motifs is 3. The minimum Gasteiger partial charge on any atom is -0.310 e. The van der Waals surface area contributed by atoms with Gasteiger partial charge >= 0.3 is 0 Å². The molecule has 224 valence electrons. The average molecular weight is 597 g/mol. The topological polar surface area (TPSA) is 41.4 Å². The Labute approximate surface area is 271 Å². The molecule has 0 saturated carbocycles. The van der Waals surface area contributed by atoms with E-state index in [1.165, 1.54) is 22.3 Å². The fourth-order valence-corrected chi connectivity index (χ4v) is 6.68. The van der Waals surface area contributed by atoms with Crippen LogP contribution in [0.3, 0.4) is 0 Å². The molecule has 5 aromatic rings. The highest BCUT2D eigenvalue weighted by atomic mass is 15.1. The first-order chi connectivity index (χ1) is 22.7. The summed E-state index contributed by atoms with van der Waals surface area (Å²) >= 11 is 0. The van der Waals surface area contributed by atoms with Crippen molar-refractivity contribution >= 4 is 29.5 Å². The van der Waals surface area contributed by atoms with Crippen molar-refractivity contribution in [3.63, 3.8) is 0 Å². The predicted molar refractivity (Wildman–Crippen MR) is 192 cm³/mol. The van der Waals surface area contributed by atoms with Gasteiger partial charge in [0.2, 0.25) is 0 Å². The number of aliphatic imine (C=N–C) groups is 1. The Balaban J connectivity index is 1.33. The SMILES string of the molecule is C=N/C(=C\C=C/C)c1cc(N(c2ccccc2)c2cccc(Cc3cccc4c3CC3C=CC=CC43)c2)cc(-c2ccccn2)n1. The summed E-state index contributed by atoms with van der Waals surface area (Å²) in [4.78, 5) is 16.3. The van der Waals surface area contributed by atoms with Crippen LogP contribution in [0.25, 0.3) is 17.1 Å².